The number of carbonyl (C=O) groups is 4. The summed E-state index contributed by atoms with van der Waals surface area (Å²) in [5, 5.41) is 14.1. The van der Waals surface area contributed by atoms with E-state index in [9.17, 15) is 27.6 Å². The summed E-state index contributed by atoms with van der Waals surface area (Å²) in [6, 6.07) is 11.5. The molecule has 0 aliphatic carbocycles. The second-order valence-electron chi connectivity index (χ2n) is 15.8. The predicted octanol–water partition coefficient (Wildman–Crippen LogP) is 4.37. The molecule has 1 aliphatic heterocycles. The molecule has 1 aliphatic rings. The fourth-order valence-electron chi connectivity index (χ4n) is 5.88. The third kappa shape index (κ3) is 10.4. The van der Waals surface area contributed by atoms with Gasteiger partial charge in [0, 0.05) is 18.5 Å². The molecule has 1 fully saturated rings. The number of amides is 4. The number of ether oxygens (including phenoxy) is 1. The molecule has 15 heteroatoms. The second kappa shape index (κ2) is 15.8. The molecule has 1 aromatic heterocycles. The van der Waals surface area contributed by atoms with E-state index < -0.39 is 69.0 Å². The first-order chi connectivity index (χ1) is 24.1. The maximum Gasteiger partial charge on any atom is 0.408 e. The minimum absolute atomic E-state index is 0.0416. The van der Waals surface area contributed by atoms with E-state index in [4.69, 9.17) is 4.74 Å². The van der Waals surface area contributed by atoms with Gasteiger partial charge in [0.15, 0.2) is 0 Å². The lowest BCUT2D eigenvalue weighted by molar-refractivity contribution is -0.142. The van der Waals surface area contributed by atoms with Gasteiger partial charge in [-0.2, -0.15) is 0 Å². The van der Waals surface area contributed by atoms with Gasteiger partial charge in [-0.3, -0.25) is 14.4 Å². The molecule has 4 amide bonds. The van der Waals surface area contributed by atoms with Crippen LogP contribution in [-0.2, 0) is 29.1 Å². The normalized spacial score (nSPS) is 17.7. The minimum Gasteiger partial charge on any atom is -0.444 e. The van der Waals surface area contributed by atoms with Crippen molar-refractivity contribution in [3.63, 3.8) is 0 Å². The van der Waals surface area contributed by atoms with Crippen LogP contribution >= 0.6 is 0 Å². The van der Waals surface area contributed by atoms with Gasteiger partial charge in [-0.25, -0.2) is 22.6 Å². The molecule has 0 saturated carbocycles. The molecule has 0 bridgehead atoms. The summed E-state index contributed by atoms with van der Waals surface area (Å²) < 4.78 is 35.4. The molecule has 0 spiro atoms. The molecule has 0 unspecified atom stereocenters. The van der Waals surface area contributed by atoms with Crippen LogP contribution in [0, 0.1) is 18.3 Å². The third-order valence-corrected chi connectivity index (χ3v) is 9.86. The molecule has 3 N–H and O–H groups in total. The Balaban J connectivity index is 1.65. The largest absolute Gasteiger partial charge is 0.444 e. The van der Waals surface area contributed by atoms with E-state index in [1.54, 1.807) is 64.6 Å². The maximum absolute atomic E-state index is 14.4. The van der Waals surface area contributed by atoms with Crippen LogP contribution in [0.25, 0.3) is 11.3 Å². The summed E-state index contributed by atoms with van der Waals surface area (Å²) in [6.07, 6.45) is 1.19. The Labute approximate surface area is 306 Å². The van der Waals surface area contributed by atoms with Crippen molar-refractivity contribution < 1.29 is 32.3 Å². The third-order valence-electron chi connectivity index (χ3n) is 8.50. The van der Waals surface area contributed by atoms with Gasteiger partial charge in [0.1, 0.15) is 29.4 Å². The number of aryl methyl sites for hydroxylation is 1. The van der Waals surface area contributed by atoms with Gasteiger partial charge in [-0.05, 0) is 57.6 Å². The Morgan fingerprint density at radius 1 is 0.942 bits per heavy atom. The quantitative estimate of drug-likeness (QED) is 0.257. The maximum atomic E-state index is 14.4. The zero-order valence-corrected chi connectivity index (χ0v) is 32.2. The first kappa shape index (κ1) is 40.0. The summed E-state index contributed by atoms with van der Waals surface area (Å²) in [7, 11) is -4.24. The molecular formula is C37H51N7O7S. The fourth-order valence-corrected chi connectivity index (χ4v) is 6.90. The number of benzene rings is 2. The number of nitrogens with one attached hydrogen (secondary N) is 3. The number of sulfonamides is 1. The van der Waals surface area contributed by atoms with Gasteiger partial charge >= 0.3 is 6.09 Å². The molecule has 282 valence electrons. The number of alkyl carbamates (subject to hydrolysis) is 1. The average molecular weight is 738 g/mol. The number of hydrogen-bond acceptors (Lipinski definition) is 9. The topological polar surface area (TPSA) is 182 Å². The van der Waals surface area contributed by atoms with Crippen LogP contribution in [0.3, 0.4) is 0 Å². The Morgan fingerprint density at radius 3 is 2.15 bits per heavy atom. The highest BCUT2D eigenvalue weighted by Gasteiger charge is 2.46. The number of hydrogen-bond donors (Lipinski definition) is 3. The van der Waals surface area contributed by atoms with Crippen LogP contribution in [0.2, 0.25) is 0 Å². The molecule has 3 aromatic rings. The molecule has 2 heterocycles. The van der Waals surface area contributed by atoms with E-state index in [1.807, 2.05) is 51.1 Å². The molecule has 2 aromatic carbocycles. The summed E-state index contributed by atoms with van der Waals surface area (Å²) >= 11 is 0. The summed E-state index contributed by atoms with van der Waals surface area (Å²) in [6.45, 7) is 16.0. The Bertz CT molecular complexity index is 1850. The van der Waals surface area contributed by atoms with Crippen molar-refractivity contribution in [1.29, 1.82) is 0 Å². The van der Waals surface area contributed by atoms with Crippen molar-refractivity contribution in [2.24, 2.45) is 11.3 Å². The van der Waals surface area contributed by atoms with Crippen molar-refractivity contribution in [1.82, 2.24) is 35.2 Å². The van der Waals surface area contributed by atoms with Crippen LogP contribution < -0.4 is 15.4 Å². The number of likely N-dealkylation sites (tertiary alicyclic amines) is 1. The van der Waals surface area contributed by atoms with Gasteiger partial charge in [0.2, 0.25) is 11.8 Å². The number of nitrogens with zero attached hydrogens (tertiary/aromatic N) is 4. The number of rotatable bonds is 11. The predicted molar refractivity (Wildman–Crippen MR) is 195 cm³/mol. The molecule has 4 atom stereocenters. The smallest absolute Gasteiger partial charge is 0.408 e. The lowest BCUT2D eigenvalue weighted by atomic mass is 9.85. The Morgan fingerprint density at radius 2 is 1.58 bits per heavy atom. The van der Waals surface area contributed by atoms with Crippen LogP contribution in [0.5, 0.6) is 0 Å². The van der Waals surface area contributed by atoms with Crippen LogP contribution in [0.4, 0.5) is 4.79 Å². The van der Waals surface area contributed by atoms with Crippen molar-refractivity contribution in [3.8, 4) is 11.3 Å². The van der Waals surface area contributed by atoms with Crippen LogP contribution in [0.1, 0.15) is 79.8 Å². The van der Waals surface area contributed by atoms with E-state index in [2.05, 4.69) is 25.7 Å². The zero-order chi connectivity index (χ0) is 38.6. The summed E-state index contributed by atoms with van der Waals surface area (Å²) in [4.78, 5) is 56.4. The highest BCUT2D eigenvalue weighted by Crippen LogP contribution is 2.32. The number of aromatic nitrogens is 3. The van der Waals surface area contributed by atoms with E-state index >= 15 is 0 Å². The van der Waals surface area contributed by atoms with E-state index in [0.29, 0.717) is 5.69 Å². The molecule has 0 radical (unpaired) electrons. The summed E-state index contributed by atoms with van der Waals surface area (Å²) in [5.74, 6) is -2.20. The van der Waals surface area contributed by atoms with E-state index in [-0.39, 0.29) is 30.2 Å². The minimum atomic E-state index is -4.24. The highest BCUT2D eigenvalue weighted by atomic mass is 32.2. The number of carbonyl (C=O) groups excluding carboxylic acids is 4. The fraction of sp³-hybridized carbons (Fsp3) is 0.514. The van der Waals surface area contributed by atoms with Crippen molar-refractivity contribution in [2.45, 2.75) is 110 Å². The van der Waals surface area contributed by atoms with Gasteiger partial charge < -0.3 is 20.3 Å². The molecule has 4 rings (SSSR count). The van der Waals surface area contributed by atoms with Crippen molar-refractivity contribution >= 4 is 33.8 Å². The SMILES string of the molecule is Cc1ccc(S(=O)(=O)NC(=O)[C@H](CC(C)C)NC(=O)[C@@H]2C[C@H](n3cc(-c4ccccc4)nn3)CN2C(=O)[C@@H](NC(=O)OC(C)(C)C)C(C)(C)C)cc1. The monoisotopic (exact) mass is 737 g/mol. The zero-order valence-electron chi connectivity index (χ0n) is 31.3. The standard InChI is InChI=1S/C37H51N7O7S/c1-23(2)19-28(32(45)41-52(49,50)27-17-15-24(3)16-18-27)38-33(46)30-20-26(44-22-29(40-42-44)25-13-11-10-12-14-25)21-43(30)34(47)31(36(4,5)6)39-35(48)51-37(7,8)9/h10-18,22-23,26,28,30-31H,19-21H2,1-9H3,(H,38,46)(H,39,48)(H,41,45)/t26-,28-,30-,31+/m0/s1. The van der Waals surface area contributed by atoms with Crippen molar-refractivity contribution in [3.05, 3.63) is 66.4 Å². The highest BCUT2D eigenvalue weighted by molar-refractivity contribution is 7.90. The van der Waals surface area contributed by atoms with E-state index in [1.165, 1.54) is 17.0 Å². The van der Waals surface area contributed by atoms with Gasteiger partial charge in [-0.15, -0.1) is 5.10 Å². The Kier molecular flexibility index (Phi) is 12.2. The second-order valence-corrected chi connectivity index (χ2v) is 17.4. The molecular weight excluding hydrogens is 687 g/mol. The Hall–Kier alpha value is -4.79. The van der Waals surface area contributed by atoms with Gasteiger partial charge in [0.25, 0.3) is 15.9 Å². The van der Waals surface area contributed by atoms with Gasteiger partial charge in [-0.1, -0.05) is 87.9 Å². The molecule has 1 saturated heterocycles. The van der Waals surface area contributed by atoms with Crippen molar-refractivity contribution in [2.75, 3.05) is 6.54 Å². The molecule has 14 nitrogen and oxygen atoms in total. The molecule has 52 heavy (non-hydrogen) atoms. The van der Waals surface area contributed by atoms with E-state index in [0.717, 1.165) is 11.1 Å². The van der Waals surface area contributed by atoms with Crippen LogP contribution in [-0.4, -0.2) is 82.4 Å². The first-order valence-corrected chi connectivity index (χ1v) is 18.8. The first-order valence-electron chi connectivity index (χ1n) is 17.4. The van der Waals surface area contributed by atoms with Crippen LogP contribution in [0.15, 0.2) is 65.7 Å². The average Bonchev–Trinajstić information content (AvgIpc) is 3.70. The lowest BCUT2D eigenvalue weighted by Gasteiger charge is -2.36. The lowest BCUT2D eigenvalue weighted by Crippen LogP contribution is -2.59. The van der Waals surface area contributed by atoms with Gasteiger partial charge in [0.05, 0.1) is 17.1 Å². The summed E-state index contributed by atoms with van der Waals surface area (Å²) in [5.41, 5.74) is 0.673.